The first kappa shape index (κ1) is 17.0. The molecule has 0 aliphatic carbocycles. The number of rotatable bonds is 4. The molecule has 1 aliphatic heterocycles. The minimum atomic E-state index is -0.333. The van der Waals surface area contributed by atoms with Gasteiger partial charge in [-0.05, 0) is 6.07 Å². The number of hydrogen-bond acceptors (Lipinski definition) is 6. The van der Waals surface area contributed by atoms with Crippen molar-refractivity contribution >= 4 is 11.6 Å². The van der Waals surface area contributed by atoms with Gasteiger partial charge in [-0.1, -0.05) is 11.6 Å². The van der Waals surface area contributed by atoms with Crippen LogP contribution in [-0.4, -0.2) is 52.3 Å². The highest BCUT2D eigenvalue weighted by Crippen LogP contribution is 2.23. The largest absolute Gasteiger partial charge is 0.481 e. The Morgan fingerprint density at radius 2 is 1.85 bits per heavy atom. The number of halogens is 1. The van der Waals surface area contributed by atoms with Gasteiger partial charge in [0.25, 0.3) is 0 Å². The summed E-state index contributed by atoms with van der Waals surface area (Å²) in [6.07, 6.45) is 0.944. The normalized spacial score (nSPS) is 16.2. The Hall–Kier alpha value is -1.08. The summed E-state index contributed by atoms with van der Waals surface area (Å²) in [6.45, 7) is 1.79. The fraction of sp³-hybridized carbons (Fsp3) is 0.615. The zero-order valence-corrected chi connectivity index (χ0v) is 13.0. The molecule has 1 fully saturated rings. The third-order valence-corrected chi connectivity index (χ3v) is 3.30. The first-order chi connectivity index (χ1) is 9.60. The lowest BCUT2D eigenvalue weighted by Crippen LogP contribution is -2.35. The SMILES string of the molecule is COC1(OC)CCNC1.COc1ccc(Cl)c(OC)n1. The van der Waals surface area contributed by atoms with E-state index in [-0.39, 0.29) is 5.79 Å². The standard InChI is InChI=1S/C7H8ClNO2.C6H13NO2/c1-10-6-4-3-5(8)7(9-6)11-2;1-8-6(9-2)3-4-7-5-6/h3-4H,1-2H3;7H,3-5H2,1-2H3. The molecule has 1 aromatic heterocycles. The first-order valence-corrected chi connectivity index (χ1v) is 6.54. The summed E-state index contributed by atoms with van der Waals surface area (Å²) >= 11 is 5.71. The maximum absolute atomic E-state index is 5.71. The minimum Gasteiger partial charge on any atom is -0.481 e. The fourth-order valence-electron chi connectivity index (χ4n) is 1.74. The Morgan fingerprint density at radius 3 is 2.25 bits per heavy atom. The topological polar surface area (TPSA) is 61.8 Å². The monoisotopic (exact) mass is 304 g/mol. The van der Waals surface area contributed by atoms with Crippen LogP contribution >= 0.6 is 11.6 Å². The third kappa shape index (κ3) is 4.49. The second kappa shape index (κ2) is 8.26. The van der Waals surface area contributed by atoms with Gasteiger partial charge in [-0.3, -0.25) is 0 Å². The van der Waals surface area contributed by atoms with Crippen LogP contribution in [0.4, 0.5) is 0 Å². The van der Waals surface area contributed by atoms with E-state index in [0.29, 0.717) is 16.8 Å². The van der Waals surface area contributed by atoms with Gasteiger partial charge in [0.05, 0.1) is 14.2 Å². The van der Waals surface area contributed by atoms with Gasteiger partial charge >= 0.3 is 0 Å². The zero-order valence-electron chi connectivity index (χ0n) is 12.2. The lowest BCUT2D eigenvalue weighted by atomic mass is 10.2. The van der Waals surface area contributed by atoms with Gasteiger partial charge in [-0.25, -0.2) is 0 Å². The number of methoxy groups -OCH3 is 4. The van der Waals surface area contributed by atoms with E-state index in [0.717, 1.165) is 19.5 Å². The molecule has 7 heteroatoms. The average Bonchev–Trinajstić information content (AvgIpc) is 2.98. The van der Waals surface area contributed by atoms with Crippen molar-refractivity contribution < 1.29 is 18.9 Å². The molecule has 20 heavy (non-hydrogen) atoms. The summed E-state index contributed by atoms with van der Waals surface area (Å²) < 4.78 is 20.1. The average molecular weight is 305 g/mol. The van der Waals surface area contributed by atoms with Gasteiger partial charge in [-0.2, -0.15) is 4.98 Å². The lowest BCUT2D eigenvalue weighted by molar-refractivity contribution is -0.190. The highest BCUT2D eigenvalue weighted by Gasteiger charge is 2.32. The van der Waals surface area contributed by atoms with Crippen molar-refractivity contribution in [3.8, 4) is 11.8 Å². The van der Waals surface area contributed by atoms with E-state index < -0.39 is 0 Å². The summed E-state index contributed by atoms with van der Waals surface area (Å²) in [4.78, 5) is 3.93. The van der Waals surface area contributed by atoms with Crippen LogP contribution in [0, 0.1) is 0 Å². The molecule has 2 rings (SSSR count). The molecule has 6 nitrogen and oxygen atoms in total. The summed E-state index contributed by atoms with van der Waals surface area (Å²) in [5.41, 5.74) is 0. The molecule has 0 spiro atoms. The smallest absolute Gasteiger partial charge is 0.235 e. The summed E-state index contributed by atoms with van der Waals surface area (Å²) in [7, 11) is 6.40. The molecule has 0 saturated carbocycles. The molecule has 0 unspecified atom stereocenters. The molecule has 114 valence electrons. The quantitative estimate of drug-likeness (QED) is 0.855. The van der Waals surface area contributed by atoms with Crippen molar-refractivity contribution in [1.82, 2.24) is 10.3 Å². The first-order valence-electron chi connectivity index (χ1n) is 6.16. The van der Waals surface area contributed by atoms with Crippen LogP contribution in [-0.2, 0) is 9.47 Å². The number of nitrogens with one attached hydrogen (secondary N) is 1. The molecule has 0 bridgehead atoms. The maximum atomic E-state index is 5.71. The van der Waals surface area contributed by atoms with Crippen molar-refractivity contribution in [3.63, 3.8) is 0 Å². The summed E-state index contributed by atoms with van der Waals surface area (Å²) in [6, 6.07) is 3.34. The van der Waals surface area contributed by atoms with Crippen LogP contribution in [0.3, 0.4) is 0 Å². The van der Waals surface area contributed by atoms with Gasteiger partial charge in [-0.15, -0.1) is 0 Å². The Bertz CT molecular complexity index is 405. The molecule has 0 aromatic carbocycles. The second-order valence-electron chi connectivity index (χ2n) is 4.09. The molecule has 0 atom stereocenters. The number of pyridine rings is 1. The van der Waals surface area contributed by atoms with Gasteiger partial charge < -0.3 is 24.3 Å². The van der Waals surface area contributed by atoms with Crippen LogP contribution in [0.1, 0.15) is 6.42 Å². The Labute approximate surface area is 124 Å². The number of ether oxygens (including phenoxy) is 4. The van der Waals surface area contributed by atoms with Crippen LogP contribution in [0.2, 0.25) is 5.02 Å². The molecular weight excluding hydrogens is 284 g/mol. The van der Waals surface area contributed by atoms with Gasteiger partial charge in [0, 0.05) is 39.8 Å². The van der Waals surface area contributed by atoms with E-state index in [1.807, 2.05) is 0 Å². The second-order valence-corrected chi connectivity index (χ2v) is 4.50. The van der Waals surface area contributed by atoms with E-state index in [4.69, 9.17) is 30.5 Å². The van der Waals surface area contributed by atoms with E-state index in [2.05, 4.69) is 10.3 Å². The Morgan fingerprint density at radius 1 is 1.15 bits per heavy atom. The molecule has 2 heterocycles. The predicted molar refractivity (Wildman–Crippen MR) is 76.6 cm³/mol. The molecule has 0 amide bonds. The van der Waals surface area contributed by atoms with Gasteiger partial charge in [0.1, 0.15) is 5.02 Å². The van der Waals surface area contributed by atoms with E-state index in [9.17, 15) is 0 Å². The van der Waals surface area contributed by atoms with Crippen LogP contribution in [0.15, 0.2) is 12.1 Å². The molecule has 0 radical (unpaired) electrons. The number of aromatic nitrogens is 1. The van der Waals surface area contributed by atoms with Crippen LogP contribution < -0.4 is 14.8 Å². The van der Waals surface area contributed by atoms with Crippen molar-refractivity contribution in [1.29, 1.82) is 0 Å². The predicted octanol–water partition coefficient (Wildman–Crippen LogP) is 1.72. The Balaban J connectivity index is 0.000000204. The summed E-state index contributed by atoms with van der Waals surface area (Å²) in [5.74, 6) is 0.539. The maximum Gasteiger partial charge on any atom is 0.235 e. The van der Waals surface area contributed by atoms with Crippen molar-refractivity contribution in [2.45, 2.75) is 12.2 Å². The van der Waals surface area contributed by atoms with Crippen LogP contribution in [0.5, 0.6) is 11.8 Å². The Kier molecular flexibility index (Phi) is 7.01. The molecule has 1 aromatic rings. The molecule has 1 N–H and O–H groups in total. The lowest BCUT2D eigenvalue weighted by Gasteiger charge is -2.23. The van der Waals surface area contributed by atoms with Crippen molar-refractivity contribution in [3.05, 3.63) is 17.2 Å². The highest BCUT2D eigenvalue weighted by molar-refractivity contribution is 6.31. The van der Waals surface area contributed by atoms with Crippen LogP contribution in [0.25, 0.3) is 0 Å². The third-order valence-electron chi connectivity index (χ3n) is 3.01. The highest BCUT2D eigenvalue weighted by atomic mass is 35.5. The van der Waals surface area contributed by atoms with Crippen molar-refractivity contribution in [2.24, 2.45) is 0 Å². The fourth-order valence-corrected chi connectivity index (χ4v) is 1.92. The van der Waals surface area contributed by atoms with E-state index >= 15 is 0 Å². The zero-order chi connectivity index (χ0) is 15.0. The number of nitrogens with zero attached hydrogens (tertiary/aromatic N) is 1. The van der Waals surface area contributed by atoms with E-state index in [1.165, 1.54) is 14.2 Å². The molecule has 1 aliphatic rings. The molecule has 1 saturated heterocycles. The number of hydrogen-bond donors (Lipinski definition) is 1. The van der Waals surface area contributed by atoms with Crippen molar-refractivity contribution in [2.75, 3.05) is 41.5 Å². The molecular formula is C13H21ClN2O4. The summed E-state index contributed by atoms with van der Waals surface area (Å²) in [5, 5.41) is 3.64. The minimum absolute atomic E-state index is 0.333. The van der Waals surface area contributed by atoms with Gasteiger partial charge in [0.15, 0.2) is 5.79 Å². The van der Waals surface area contributed by atoms with Gasteiger partial charge in [0.2, 0.25) is 11.8 Å². The van der Waals surface area contributed by atoms with E-state index in [1.54, 1.807) is 26.4 Å².